The molecule has 1 aliphatic carbocycles. The van der Waals surface area contributed by atoms with Gasteiger partial charge >= 0.3 is 0 Å². The Morgan fingerprint density at radius 3 is 2.52 bits per heavy atom. The molecule has 1 atom stereocenters. The van der Waals surface area contributed by atoms with Crippen molar-refractivity contribution in [1.29, 1.82) is 0 Å². The number of hydrogen-bond acceptors (Lipinski definition) is 2. The maximum absolute atomic E-state index is 5.70. The summed E-state index contributed by atoms with van der Waals surface area (Å²) in [6.45, 7) is 3.50. The van der Waals surface area contributed by atoms with Crippen LogP contribution in [-0.2, 0) is 4.74 Å². The number of halogens is 2. The van der Waals surface area contributed by atoms with Crippen molar-refractivity contribution < 1.29 is 9.47 Å². The molecule has 1 saturated carbocycles. The van der Waals surface area contributed by atoms with Crippen LogP contribution in [0.25, 0.3) is 0 Å². The van der Waals surface area contributed by atoms with Crippen molar-refractivity contribution in [2.75, 3.05) is 20.3 Å². The Balaban J connectivity index is 2.11. The van der Waals surface area contributed by atoms with Crippen LogP contribution in [-0.4, -0.2) is 20.3 Å². The molecule has 1 unspecified atom stereocenters. The van der Waals surface area contributed by atoms with Crippen molar-refractivity contribution in [2.45, 2.75) is 43.9 Å². The predicted molar refractivity (Wildman–Crippen MR) is 94.4 cm³/mol. The standard InChI is InChI=1S/C17H24Br2O2/c1-3-17(8-4-5-9-17)16(19)13-6-7-15(14(18)12-13)21-11-10-20-2/h6-7,12,16H,3-5,8-11H2,1-2H3. The lowest BCUT2D eigenvalue weighted by molar-refractivity contribution is 0.146. The summed E-state index contributed by atoms with van der Waals surface area (Å²) in [6, 6.07) is 6.43. The largest absolute Gasteiger partial charge is 0.490 e. The van der Waals surface area contributed by atoms with Crippen LogP contribution >= 0.6 is 31.9 Å². The SMILES string of the molecule is CCC1(C(Br)c2ccc(OCCOC)c(Br)c2)CCCC1. The van der Waals surface area contributed by atoms with Gasteiger partial charge in [-0.2, -0.15) is 0 Å². The first-order valence-electron chi connectivity index (χ1n) is 7.68. The van der Waals surface area contributed by atoms with Gasteiger partial charge in [-0.05, 0) is 58.3 Å². The van der Waals surface area contributed by atoms with Crippen LogP contribution < -0.4 is 4.74 Å². The zero-order chi connectivity index (χ0) is 15.3. The second-order valence-electron chi connectivity index (χ2n) is 5.82. The number of hydrogen-bond donors (Lipinski definition) is 0. The maximum atomic E-state index is 5.70. The summed E-state index contributed by atoms with van der Waals surface area (Å²) < 4.78 is 11.7. The highest BCUT2D eigenvalue weighted by Crippen LogP contribution is 2.54. The van der Waals surface area contributed by atoms with E-state index in [0.717, 1.165) is 10.2 Å². The van der Waals surface area contributed by atoms with Gasteiger partial charge in [0.25, 0.3) is 0 Å². The van der Waals surface area contributed by atoms with Gasteiger partial charge < -0.3 is 9.47 Å². The molecule has 1 aromatic rings. The zero-order valence-electron chi connectivity index (χ0n) is 12.8. The zero-order valence-corrected chi connectivity index (χ0v) is 16.0. The summed E-state index contributed by atoms with van der Waals surface area (Å²) in [5.74, 6) is 0.882. The molecule has 2 nitrogen and oxygen atoms in total. The van der Waals surface area contributed by atoms with Crippen LogP contribution in [0.4, 0.5) is 0 Å². The molecule has 0 N–H and O–H groups in total. The minimum Gasteiger partial charge on any atom is -0.490 e. The van der Waals surface area contributed by atoms with E-state index in [2.05, 4.69) is 57.0 Å². The number of methoxy groups -OCH3 is 1. The molecule has 0 bridgehead atoms. The van der Waals surface area contributed by atoms with Crippen LogP contribution in [0.5, 0.6) is 5.75 Å². The molecule has 0 aliphatic heterocycles. The molecule has 2 rings (SSSR count). The summed E-state index contributed by atoms with van der Waals surface area (Å²) in [6.07, 6.45) is 6.59. The molecule has 0 heterocycles. The van der Waals surface area contributed by atoms with Crippen LogP contribution in [0.2, 0.25) is 0 Å². The van der Waals surface area contributed by atoms with E-state index >= 15 is 0 Å². The number of ether oxygens (including phenoxy) is 2. The monoisotopic (exact) mass is 418 g/mol. The number of rotatable bonds is 7. The van der Waals surface area contributed by atoms with E-state index in [4.69, 9.17) is 9.47 Å². The van der Waals surface area contributed by atoms with Gasteiger partial charge in [-0.1, -0.05) is 41.8 Å². The van der Waals surface area contributed by atoms with E-state index in [1.807, 2.05) is 0 Å². The Labute approximate surface area is 144 Å². The molecule has 1 aliphatic rings. The highest BCUT2D eigenvalue weighted by atomic mass is 79.9. The third-order valence-corrected chi connectivity index (χ3v) is 6.75. The first kappa shape index (κ1) is 17.3. The van der Waals surface area contributed by atoms with E-state index in [1.165, 1.54) is 37.7 Å². The van der Waals surface area contributed by atoms with Gasteiger partial charge in [0.2, 0.25) is 0 Å². The first-order chi connectivity index (χ1) is 10.1. The van der Waals surface area contributed by atoms with Gasteiger partial charge in [-0.15, -0.1) is 0 Å². The normalized spacial score (nSPS) is 18.7. The molecule has 0 amide bonds. The van der Waals surface area contributed by atoms with Crippen molar-refractivity contribution in [1.82, 2.24) is 0 Å². The molecule has 0 spiro atoms. The fourth-order valence-corrected chi connectivity index (χ4v) is 4.82. The van der Waals surface area contributed by atoms with Crippen LogP contribution in [0, 0.1) is 5.41 Å². The summed E-state index contributed by atoms with van der Waals surface area (Å²) in [5, 5.41) is 0. The third-order valence-electron chi connectivity index (χ3n) is 4.63. The van der Waals surface area contributed by atoms with E-state index in [9.17, 15) is 0 Å². The van der Waals surface area contributed by atoms with Crippen molar-refractivity contribution in [3.63, 3.8) is 0 Å². The minimum atomic E-state index is 0.415. The molecule has 0 radical (unpaired) electrons. The van der Waals surface area contributed by atoms with Gasteiger partial charge in [0.1, 0.15) is 12.4 Å². The predicted octanol–water partition coefficient (Wildman–Crippen LogP) is 5.88. The van der Waals surface area contributed by atoms with E-state index in [-0.39, 0.29) is 0 Å². The van der Waals surface area contributed by atoms with Gasteiger partial charge in [0.05, 0.1) is 11.1 Å². The Morgan fingerprint density at radius 1 is 1.24 bits per heavy atom. The van der Waals surface area contributed by atoms with Crippen LogP contribution in [0.3, 0.4) is 0 Å². The van der Waals surface area contributed by atoms with Crippen molar-refractivity contribution in [2.24, 2.45) is 5.41 Å². The van der Waals surface area contributed by atoms with Crippen molar-refractivity contribution in [3.8, 4) is 5.75 Å². The molecule has 0 aromatic heterocycles. The van der Waals surface area contributed by atoms with Gasteiger partial charge in [0, 0.05) is 11.9 Å². The second-order valence-corrected chi connectivity index (χ2v) is 7.59. The molecular weight excluding hydrogens is 396 g/mol. The Hall–Kier alpha value is -0.0600. The van der Waals surface area contributed by atoms with E-state index in [1.54, 1.807) is 7.11 Å². The molecule has 118 valence electrons. The van der Waals surface area contributed by atoms with Crippen LogP contribution in [0.15, 0.2) is 22.7 Å². The summed E-state index contributed by atoms with van der Waals surface area (Å²) in [5.41, 5.74) is 1.75. The number of alkyl halides is 1. The third kappa shape index (κ3) is 4.02. The van der Waals surface area contributed by atoms with Crippen molar-refractivity contribution in [3.05, 3.63) is 28.2 Å². The lowest BCUT2D eigenvalue weighted by atomic mass is 9.77. The van der Waals surface area contributed by atoms with Gasteiger partial charge in [-0.25, -0.2) is 0 Å². The molecule has 1 aromatic carbocycles. The second kappa shape index (κ2) is 7.98. The Morgan fingerprint density at radius 2 is 1.95 bits per heavy atom. The van der Waals surface area contributed by atoms with Crippen molar-refractivity contribution >= 4 is 31.9 Å². The van der Waals surface area contributed by atoms with Crippen LogP contribution in [0.1, 0.15) is 49.4 Å². The average molecular weight is 420 g/mol. The lowest BCUT2D eigenvalue weighted by Crippen LogP contribution is -2.21. The fourth-order valence-electron chi connectivity index (χ4n) is 3.25. The minimum absolute atomic E-state index is 0.415. The topological polar surface area (TPSA) is 18.5 Å². The Bertz CT molecular complexity index is 456. The highest BCUT2D eigenvalue weighted by molar-refractivity contribution is 9.10. The highest BCUT2D eigenvalue weighted by Gasteiger charge is 2.39. The molecule has 21 heavy (non-hydrogen) atoms. The molecular formula is C17H24Br2O2. The fraction of sp³-hybridized carbons (Fsp3) is 0.647. The quantitative estimate of drug-likeness (QED) is 0.405. The summed E-state index contributed by atoms with van der Waals surface area (Å²) in [7, 11) is 1.68. The molecule has 1 fully saturated rings. The molecule has 0 saturated heterocycles. The first-order valence-corrected chi connectivity index (χ1v) is 9.39. The van der Waals surface area contributed by atoms with E-state index in [0.29, 0.717) is 23.5 Å². The van der Waals surface area contributed by atoms with Gasteiger partial charge in [0.15, 0.2) is 0 Å². The molecule has 4 heteroatoms. The summed E-state index contributed by atoms with van der Waals surface area (Å²) in [4.78, 5) is 0.418. The van der Waals surface area contributed by atoms with E-state index < -0.39 is 0 Å². The smallest absolute Gasteiger partial charge is 0.133 e. The number of benzene rings is 1. The summed E-state index contributed by atoms with van der Waals surface area (Å²) >= 11 is 7.60. The average Bonchev–Trinajstić information content (AvgIpc) is 2.98. The maximum Gasteiger partial charge on any atom is 0.133 e. The lowest BCUT2D eigenvalue weighted by Gasteiger charge is -2.33. The van der Waals surface area contributed by atoms with Gasteiger partial charge in [-0.3, -0.25) is 0 Å². The Kier molecular flexibility index (Phi) is 6.57.